The average Bonchev–Trinajstić information content (AvgIpc) is 2.92. The van der Waals surface area contributed by atoms with Crippen molar-refractivity contribution in [3.05, 3.63) is 16.6 Å². The van der Waals surface area contributed by atoms with Gasteiger partial charge < -0.3 is 9.64 Å². The van der Waals surface area contributed by atoms with E-state index in [1.807, 2.05) is 17.3 Å². The summed E-state index contributed by atoms with van der Waals surface area (Å²) < 4.78 is 5.58. The number of thiazole rings is 1. The van der Waals surface area contributed by atoms with Gasteiger partial charge in [0.05, 0.1) is 11.6 Å². The predicted molar refractivity (Wildman–Crippen MR) is 76.4 cm³/mol. The molecule has 1 aliphatic rings. The Balaban J connectivity index is 2.16. The van der Waals surface area contributed by atoms with Gasteiger partial charge in [-0.3, -0.25) is 4.79 Å². The lowest BCUT2D eigenvalue weighted by atomic mass is 9.58. The maximum Gasteiger partial charge on any atom is 0.273 e. The van der Waals surface area contributed by atoms with E-state index in [-0.39, 0.29) is 23.5 Å². The Morgan fingerprint density at radius 3 is 2.74 bits per heavy atom. The molecule has 2 atom stereocenters. The fourth-order valence-corrected chi connectivity index (χ4v) is 3.94. The van der Waals surface area contributed by atoms with Crippen LogP contribution in [0, 0.1) is 5.41 Å². The second-order valence-electron chi connectivity index (χ2n) is 5.21. The maximum absolute atomic E-state index is 12.4. The van der Waals surface area contributed by atoms with Gasteiger partial charge >= 0.3 is 0 Å². The molecule has 1 heterocycles. The molecule has 0 aliphatic heterocycles. The van der Waals surface area contributed by atoms with Crippen LogP contribution in [-0.2, 0) is 4.74 Å². The smallest absolute Gasteiger partial charge is 0.273 e. The van der Waals surface area contributed by atoms with Gasteiger partial charge in [-0.1, -0.05) is 13.8 Å². The highest BCUT2D eigenvalue weighted by Crippen LogP contribution is 2.51. The summed E-state index contributed by atoms with van der Waals surface area (Å²) in [5.41, 5.74) is 2.34. The van der Waals surface area contributed by atoms with E-state index in [2.05, 4.69) is 18.8 Å². The molecule has 5 heteroatoms. The second kappa shape index (κ2) is 5.59. The van der Waals surface area contributed by atoms with Crippen molar-refractivity contribution in [2.45, 2.75) is 45.3 Å². The molecule has 1 aromatic heterocycles. The number of hydrogen-bond donors (Lipinski definition) is 0. The van der Waals surface area contributed by atoms with Gasteiger partial charge in [0.2, 0.25) is 0 Å². The van der Waals surface area contributed by atoms with Crippen LogP contribution in [0.5, 0.6) is 0 Å². The molecule has 1 fully saturated rings. The first-order valence-electron chi connectivity index (χ1n) is 6.78. The Kier molecular flexibility index (Phi) is 4.26. The van der Waals surface area contributed by atoms with Crippen molar-refractivity contribution < 1.29 is 9.53 Å². The van der Waals surface area contributed by atoms with E-state index < -0.39 is 0 Å². The number of methoxy groups -OCH3 is 1. The molecule has 4 nitrogen and oxygen atoms in total. The third kappa shape index (κ3) is 2.19. The van der Waals surface area contributed by atoms with Crippen LogP contribution in [0.15, 0.2) is 10.9 Å². The Bertz CT molecular complexity index is 429. The number of rotatable bonds is 5. The van der Waals surface area contributed by atoms with Crippen LogP contribution < -0.4 is 0 Å². The van der Waals surface area contributed by atoms with Crippen molar-refractivity contribution in [2.75, 3.05) is 14.2 Å². The second-order valence-corrected chi connectivity index (χ2v) is 5.92. The summed E-state index contributed by atoms with van der Waals surface area (Å²) in [6, 6.07) is 0.252. The lowest BCUT2D eigenvalue weighted by Gasteiger charge is -2.57. The van der Waals surface area contributed by atoms with Crippen LogP contribution in [0.1, 0.15) is 43.6 Å². The third-order valence-electron chi connectivity index (χ3n) is 4.78. The van der Waals surface area contributed by atoms with Crippen LogP contribution in [0.3, 0.4) is 0 Å². The van der Waals surface area contributed by atoms with Gasteiger partial charge in [0.1, 0.15) is 5.69 Å². The van der Waals surface area contributed by atoms with Crippen molar-refractivity contribution in [1.82, 2.24) is 9.88 Å². The molecule has 0 bridgehead atoms. The predicted octanol–water partition coefficient (Wildman–Crippen LogP) is 2.81. The summed E-state index contributed by atoms with van der Waals surface area (Å²) >= 11 is 1.46. The molecule has 19 heavy (non-hydrogen) atoms. The van der Waals surface area contributed by atoms with Gasteiger partial charge in [-0.05, 0) is 19.3 Å². The molecule has 2 rings (SSSR count). The number of carbonyl (C=O) groups is 1. The third-order valence-corrected chi connectivity index (χ3v) is 5.37. The van der Waals surface area contributed by atoms with E-state index in [9.17, 15) is 4.79 Å². The van der Waals surface area contributed by atoms with Gasteiger partial charge in [0, 0.05) is 31.0 Å². The summed E-state index contributed by atoms with van der Waals surface area (Å²) in [6.07, 6.45) is 3.24. The molecule has 0 spiro atoms. The van der Waals surface area contributed by atoms with E-state index in [1.54, 1.807) is 12.6 Å². The average molecular weight is 282 g/mol. The van der Waals surface area contributed by atoms with E-state index in [0.29, 0.717) is 5.69 Å². The molecule has 0 N–H and O–H groups in total. The quantitative estimate of drug-likeness (QED) is 0.834. The minimum absolute atomic E-state index is 0.0204. The van der Waals surface area contributed by atoms with Crippen molar-refractivity contribution >= 4 is 17.2 Å². The lowest BCUT2D eigenvalue weighted by molar-refractivity contribution is -0.147. The summed E-state index contributed by atoms with van der Waals surface area (Å²) in [6.45, 7) is 4.37. The number of aromatic nitrogens is 1. The van der Waals surface area contributed by atoms with Crippen molar-refractivity contribution in [1.29, 1.82) is 0 Å². The molecule has 2 unspecified atom stereocenters. The van der Waals surface area contributed by atoms with Crippen LogP contribution in [0.4, 0.5) is 0 Å². The summed E-state index contributed by atoms with van der Waals surface area (Å²) in [4.78, 5) is 18.4. The molecule has 0 saturated heterocycles. The first kappa shape index (κ1) is 14.5. The zero-order valence-corrected chi connectivity index (χ0v) is 12.9. The fraction of sp³-hybridized carbons (Fsp3) is 0.714. The van der Waals surface area contributed by atoms with E-state index in [4.69, 9.17) is 4.74 Å². The van der Waals surface area contributed by atoms with E-state index >= 15 is 0 Å². The Morgan fingerprint density at radius 1 is 1.58 bits per heavy atom. The number of ether oxygens (including phenoxy) is 1. The highest BCUT2D eigenvalue weighted by Gasteiger charge is 2.55. The first-order valence-corrected chi connectivity index (χ1v) is 7.73. The van der Waals surface area contributed by atoms with Gasteiger partial charge in [0.15, 0.2) is 0 Å². The molecule has 1 saturated carbocycles. The van der Waals surface area contributed by atoms with E-state index in [1.165, 1.54) is 11.3 Å². The number of hydrogen-bond acceptors (Lipinski definition) is 4. The van der Waals surface area contributed by atoms with Crippen molar-refractivity contribution in [3.8, 4) is 0 Å². The van der Waals surface area contributed by atoms with Gasteiger partial charge in [-0.15, -0.1) is 11.3 Å². The number of amides is 1. The van der Waals surface area contributed by atoms with Crippen molar-refractivity contribution in [3.63, 3.8) is 0 Å². The minimum Gasteiger partial charge on any atom is -0.381 e. The molecule has 1 aliphatic carbocycles. The zero-order chi connectivity index (χ0) is 14.0. The molecular weight excluding hydrogens is 260 g/mol. The van der Waals surface area contributed by atoms with Crippen molar-refractivity contribution in [2.24, 2.45) is 5.41 Å². The topological polar surface area (TPSA) is 42.4 Å². The van der Waals surface area contributed by atoms with Crippen LogP contribution in [0.25, 0.3) is 0 Å². The number of carbonyl (C=O) groups excluding carboxylic acids is 1. The summed E-state index contributed by atoms with van der Waals surface area (Å²) in [5, 5.41) is 1.81. The summed E-state index contributed by atoms with van der Waals surface area (Å²) in [5.74, 6) is 0.0204. The van der Waals surface area contributed by atoms with E-state index in [0.717, 1.165) is 19.3 Å². The lowest BCUT2D eigenvalue weighted by Crippen LogP contribution is -2.64. The van der Waals surface area contributed by atoms with Gasteiger partial charge in [-0.25, -0.2) is 4.98 Å². The normalized spacial score (nSPS) is 24.8. The maximum atomic E-state index is 12.4. The number of nitrogens with zero attached hydrogens (tertiary/aromatic N) is 2. The van der Waals surface area contributed by atoms with Gasteiger partial charge in [0.25, 0.3) is 5.91 Å². The molecule has 106 valence electrons. The molecule has 0 radical (unpaired) electrons. The zero-order valence-electron chi connectivity index (χ0n) is 12.0. The molecule has 1 aromatic rings. The Morgan fingerprint density at radius 2 is 2.26 bits per heavy atom. The van der Waals surface area contributed by atoms with Crippen LogP contribution in [0.2, 0.25) is 0 Å². The summed E-state index contributed by atoms with van der Waals surface area (Å²) in [7, 11) is 3.65. The van der Waals surface area contributed by atoms with Crippen LogP contribution >= 0.6 is 11.3 Å². The first-order chi connectivity index (χ1) is 9.10. The standard InChI is InChI=1S/C14H22N2O2S/c1-5-14(6-2)11(7-12(14)18-4)16(3)13(17)10-8-19-9-15-10/h8-9,11-12H,5-7H2,1-4H3. The largest absolute Gasteiger partial charge is 0.381 e. The highest BCUT2D eigenvalue weighted by molar-refractivity contribution is 7.07. The monoisotopic (exact) mass is 282 g/mol. The van der Waals surface area contributed by atoms with Crippen LogP contribution in [-0.4, -0.2) is 42.1 Å². The SMILES string of the molecule is CCC1(CC)C(OC)CC1N(C)C(=O)c1cscn1. The highest BCUT2D eigenvalue weighted by atomic mass is 32.1. The fourth-order valence-electron chi connectivity index (χ4n) is 3.42. The molecular formula is C14H22N2O2S. The Labute approximate surface area is 118 Å². The molecule has 0 aromatic carbocycles. The minimum atomic E-state index is 0.0204. The van der Waals surface area contributed by atoms with Gasteiger partial charge in [-0.2, -0.15) is 0 Å². The Hall–Kier alpha value is -0.940. The molecule has 1 amide bonds.